The summed E-state index contributed by atoms with van der Waals surface area (Å²) in [5, 5.41) is 0. The summed E-state index contributed by atoms with van der Waals surface area (Å²) in [6, 6.07) is 0. The fourth-order valence-electron chi connectivity index (χ4n) is 4.84. The second-order valence-electron chi connectivity index (χ2n) is 10.3. The number of unbranched alkanes of at least 4 members (excludes halogenated alkanes) is 6. The lowest BCUT2D eigenvalue weighted by atomic mass is 9.75. The first-order valence-corrected chi connectivity index (χ1v) is 12.1. The van der Waals surface area contributed by atoms with Gasteiger partial charge in [-0.05, 0) is 30.6 Å². The van der Waals surface area contributed by atoms with Crippen molar-refractivity contribution in [2.45, 2.75) is 137 Å². The highest BCUT2D eigenvalue weighted by Crippen LogP contribution is 2.36. The van der Waals surface area contributed by atoms with Gasteiger partial charge in [0.25, 0.3) is 0 Å². The molecule has 0 bridgehead atoms. The van der Waals surface area contributed by atoms with Crippen LogP contribution in [0.1, 0.15) is 137 Å². The van der Waals surface area contributed by atoms with Crippen molar-refractivity contribution in [1.82, 2.24) is 0 Å². The SMILES string of the molecule is C[C](C)CCCCCCC(CCCCCCC(C)(C)[C]=O)C1CCCCC1. The normalized spacial score (nSPS) is 17.4. The Kier molecular flexibility index (Phi) is 13.4. The maximum absolute atomic E-state index is 10.9. The zero-order valence-electron chi connectivity index (χ0n) is 19.1. The van der Waals surface area contributed by atoms with Gasteiger partial charge in [0, 0.05) is 5.41 Å². The molecule has 1 rings (SSSR count). The van der Waals surface area contributed by atoms with E-state index in [9.17, 15) is 4.79 Å². The molecule has 0 aromatic carbocycles. The lowest BCUT2D eigenvalue weighted by molar-refractivity contribution is 0.214. The first-order chi connectivity index (χ1) is 12.9. The van der Waals surface area contributed by atoms with Crippen LogP contribution in [-0.2, 0) is 4.79 Å². The van der Waals surface area contributed by atoms with Crippen molar-refractivity contribution in [3.8, 4) is 0 Å². The van der Waals surface area contributed by atoms with E-state index in [0.29, 0.717) is 0 Å². The molecule has 0 aromatic heterocycles. The third kappa shape index (κ3) is 12.7. The Bertz CT molecular complexity index is 351. The third-order valence-corrected chi connectivity index (χ3v) is 6.72. The van der Waals surface area contributed by atoms with Gasteiger partial charge in [-0.3, -0.25) is 4.79 Å². The molecule has 1 nitrogen and oxygen atoms in total. The fourth-order valence-corrected chi connectivity index (χ4v) is 4.84. The Hall–Kier alpha value is -0.330. The van der Waals surface area contributed by atoms with Crippen LogP contribution in [0.4, 0.5) is 0 Å². The molecular weight excluding hydrogens is 328 g/mol. The van der Waals surface area contributed by atoms with Gasteiger partial charge < -0.3 is 0 Å². The Morgan fingerprint density at radius 1 is 0.852 bits per heavy atom. The van der Waals surface area contributed by atoms with Gasteiger partial charge in [0.1, 0.15) is 0 Å². The van der Waals surface area contributed by atoms with Crippen LogP contribution in [0, 0.1) is 23.2 Å². The summed E-state index contributed by atoms with van der Waals surface area (Å²) >= 11 is 0. The van der Waals surface area contributed by atoms with Crippen LogP contribution >= 0.6 is 0 Å². The van der Waals surface area contributed by atoms with E-state index < -0.39 is 0 Å². The molecule has 0 amide bonds. The lowest BCUT2D eigenvalue weighted by Gasteiger charge is -2.30. The Morgan fingerprint density at radius 2 is 1.41 bits per heavy atom. The summed E-state index contributed by atoms with van der Waals surface area (Å²) in [7, 11) is 0. The molecule has 1 saturated carbocycles. The third-order valence-electron chi connectivity index (χ3n) is 6.72. The Labute approximate surface area is 171 Å². The molecule has 27 heavy (non-hydrogen) atoms. The highest BCUT2D eigenvalue weighted by atomic mass is 16.1. The largest absolute Gasteiger partial charge is 0.290 e. The molecule has 0 aromatic rings. The summed E-state index contributed by atoms with van der Waals surface area (Å²) in [4.78, 5) is 10.9. The number of hydrogen-bond donors (Lipinski definition) is 0. The minimum absolute atomic E-state index is 0.237. The highest BCUT2D eigenvalue weighted by molar-refractivity contribution is 5.58. The van der Waals surface area contributed by atoms with Crippen LogP contribution in [0.25, 0.3) is 0 Å². The predicted molar refractivity (Wildman–Crippen MR) is 120 cm³/mol. The molecule has 0 N–H and O–H groups in total. The highest BCUT2D eigenvalue weighted by Gasteiger charge is 2.23. The summed E-state index contributed by atoms with van der Waals surface area (Å²) in [6.45, 7) is 8.55. The maximum Gasteiger partial charge on any atom is 0.204 e. The summed E-state index contributed by atoms with van der Waals surface area (Å²) < 4.78 is 0. The monoisotopic (exact) mass is 376 g/mol. The Balaban J connectivity index is 2.21. The average Bonchev–Trinajstić information content (AvgIpc) is 2.65. The molecule has 158 valence electrons. The molecule has 0 aliphatic heterocycles. The van der Waals surface area contributed by atoms with Crippen molar-refractivity contribution in [2.75, 3.05) is 0 Å². The molecule has 1 fully saturated rings. The van der Waals surface area contributed by atoms with Gasteiger partial charge in [0.2, 0.25) is 6.29 Å². The van der Waals surface area contributed by atoms with E-state index in [2.05, 4.69) is 20.1 Å². The first-order valence-electron chi connectivity index (χ1n) is 12.1. The van der Waals surface area contributed by atoms with E-state index >= 15 is 0 Å². The van der Waals surface area contributed by atoms with Gasteiger partial charge in [-0.1, -0.05) is 124 Å². The van der Waals surface area contributed by atoms with E-state index in [-0.39, 0.29) is 5.41 Å². The molecule has 1 aliphatic rings. The summed E-state index contributed by atoms with van der Waals surface area (Å²) in [5.41, 5.74) is -0.237. The Morgan fingerprint density at radius 3 is 1.96 bits per heavy atom. The quantitative estimate of drug-likeness (QED) is 0.246. The lowest BCUT2D eigenvalue weighted by Crippen LogP contribution is -2.18. The zero-order chi connectivity index (χ0) is 20.0. The second-order valence-corrected chi connectivity index (χ2v) is 10.3. The van der Waals surface area contributed by atoms with Crippen LogP contribution in [0.2, 0.25) is 0 Å². The molecule has 2 radical (unpaired) electrons. The zero-order valence-corrected chi connectivity index (χ0v) is 19.1. The average molecular weight is 377 g/mol. The van der Waals surface area contributed by atoms with Crippen molar-refractivity contribution < 1.29 is 4.79 Å². The molecule has 1 unspecified atom stereocenters. The van der Waals surface area contributed by atoms with Gasteiger partial charge in [-0.25, -0.2) is 0 Å². The number of hydrogen-bond acceptors (Lipinski definition) is 1. The van der Waals surface area contributed by atoms with Crippen LogP contribution in [-0.4, -0.2) is 6.29 Å². The van der Waals surface area contributed by atoms with Gasteiger partial charge in [0.15, 0.2) is 0 Å². The van der Waals surface area contributed by atoms with Crippen molar-refractivity contribution in [3.05, 3.63) is 5.92 Å². The number of rotatable bonds is 16. The topological polar surface area (TPSA) is 17.1 Å². The summed E-state index contributed by atoms with van der Waals surface area (Å²) in [6.07, 6.45) is 25.8. The molecule has 1 heteroatoms. The van der Waals surface area contributed by atoms with E-state index in [1.54, 1.807) is 5.92 Å². The molecule has 0 heterocycles. The van der Waals surface area contributed by atoms with Crippen LogP contribution in [0.3, 0.4) is 0 Å². The van der Waals surface area contributed by atoms with Crippen LogP contribution in [0.5, 0.6) is 0 Å². The van der Waals surface area contributed by atoms with E-state index in [1.165, 1.54) is 103 Å². The molecule has 1 aliphatic carbocycles. The minimum atomic E-state index is -0.237. The predicted octanol–water partition coefficient (Wildman–Crippen LogP) is 8.61. The molecule has 0 saturated heterocycles. The van der Waals surface area contributed by atoms with Crippen LogP contribution in [0.15, 0.2) is 0 Å². The van der Waals surface area contributed by atoms with E-state index in [1.807, 2.05) is 13.8 Å². The van der Waals surface area contributed by atoms with Crippen molar-refractivity contribution >= 4 is 6.29 Å². The van der Waals surface area contributed by atoms with E-state index in [0.717, 1.165) is 18.3 Å². The number of carbonyl (C=O) groups excluding carboxylic acids is 1. The van der Waals surface area contributed by atoms with Gasteiger partial charge in [-0.15, -0.1) is 0 Å². The van der Waals surface area contributed by atoms with Crippen LogP contribution < -0.4 is 0 Å². The maximum atomic E-state index is 10.9. The molecule has 1 atom stereocenters. The van der Waals surface area contributed by atoms with Gasteiger partial charge in [-0.2, -0.15) is 0 Å². The van der Waals surface area contributed by atoms with Gasteiger partial charge in [0.05, 0.1) is 0 Å². The minimum Gasteiger partial charge on any atom is -0.290 e. The standard InChI is InChI=1S/C26H48O/c1-23(2)16-10-5-6-11-17-24(25-19-13-9-14-20-25)18-12-7-8-15-21-26(3,4)22-27/h24-25H,5-21H2,1-4H3. The molecule has 0 spiro atoms. The van der Waals surface area contributed by atoms with Crippen molar-refractivity contribution in [1.29, 1.82) is 0 Å². The van der Waals surface area contributed by atoms with Gasteiger partial charge >= 0.3 is 0 Å². The van der Waals surface area contributed by atoms with Crippen molar-refractivity contribution in [2.24, 2.45) is 17.3 Å². The second kappa shape index (κ2) is 14.6. The first kappa shape index (κ1) is 24.7. The fraction of sp³-hybridized carbons (Fsp3) is 0.923. The van der Waals surface area contributed by atoms with E-state index in [4.69, 9.17) is 0 Å². The molecular formula is C26H48O. The smallest absolute Gasteiger partial charge is 0.204 e. The summed E-state index contributed by atoms with van der Waals surface area (Å²) in [5.74, 6) is 3.60. The van der Waals surface area contributed by atoms with Crippen molar-refractivity contribution in [3.63, 3.8) is 0 Å².